The molecule has 0 fully saturated rings. The molecule has 0 N–H and O–H groups in total. The van der Waals surface area contributed by atoms with E-state index in [0.29, 0.717) is 27.8 Å². The average molecular weight is 330 g/mol. The Bertz CT molecular complexity index is 900. The van der Waals surface area contributed by atoms with Gasteiger partial charge in [0.15, 0.2) is 11.0 Å². The van der Waals surface area contributed by atoms with Gasteiger partial charge in [-0.1, -0.05) is 42.9 Å². The zero-order chi connectivity index (χ0) is 16.6. The van der Waals surface area contributed by atoms with Crippen LogP contribution in [0.5, 0.6) is 0 Å². The van der Waals surface area contributed by atoms with Crippen LogP contribution in [-0.4, -0.2) is 19.7 Å². The van der Waals surface area contributed by atoms with Gasteiger partial charge in [0.2, 0.25) is 5.89 Å². The molecule has 0 spiro atoms. The Morgan fingerprint density at radius 1 is 1.17 bits per heavy atom. The van der Waals surface area contributed by atoms with Crippen molar-refractivity contribution in [2.45, 2.75) is 37.1 Å². The van der Waals surface area contributed by atoms with Crippen molar-refractivity contribution in [3.63, 3.8) is 0 Å². The molecule has 7 heteroatoms. The standard InChI is InChI=1S/C16H18N4O2S/c1-9(2)13-18-14(22-19-13)10(3)23-16-17-12-8-6-5-7-11(12)15(21)20(16)4/h5-10H,1-4H3. The van der Waals surface area contributed by atoms with Gasteiger partial charge in [-0.25, -0.2) is 4.98 Å². The highest BCUT2D eigenvalue weighted by Gasteiger charge is 2.19. The number of thioether (sulfide) groups is 1. The minimum Gasteiger partial charge on any atom is -0.338 e. The largest absolute Gasteiger partial charge is 0.338 e. The number of hydrogen-bond donors (Lipinski definition) is 0. The van der Waals surface area contributed by atoms with E-state index in [1.54, 1.807) is 17.7 Å². The summed E-state index contributed by atoms with van der Waals surface area (Å²) in [6.07, 6.45) is 0. The second-order valence-corrected chi connectivity index (χ2v) is 6.99. The Balaban J connectivity index is 1.94. The van der Waals surface area contributed by atoms with Crippen molar-refractivity contribution in [2.24, 2.45) is 7.05 Å². The van der Waals surface area contributed by atoms with E-state index >= 15 is 0 Å². The fourth-order valence-corrected chi connectivity index (χ4v) is 3.06. The molecule has 0 radical (unpaired) electrons. The molecule has 0 aliphatic carbocycles. The lowest BCUT2D eigenvalue weighted by Gasteiger charge is -2.11. The van der Waals surface area contributed by atoms with Crippen molar-refractivity contribution < 1.29 is 4.52 Å². The molecule has 0 amide bonds. The predicted octanol–water partition coefficient (Wildman–Crippen LogP) is 3.29. The molecule has 0 saturated heterocycles. The first-order valence-electron chi connectivity index (χ1n) is 7.43. The van der Waals surface area contributed by atoms with E-state index in [2.05, 4.69) is 15.1 Å². The summed E-state index contributed by atoms with van der Waals surface area (Å²) in [7, 11) is 1.73. The number of aromatic nitrogens is 4. The van der Waals surface area contributed by atoms with E-state index in [9.17, 15) is 4.79 Å². The molecule has 0 aliphatic heterocycles. The van der Waals surface area contributed by atoms with Crippen LogP contribution < -0.4 is 5.56 Å². The molecule has 1 unspecified atom stereocenters. The van der Waals surface area contributed by atoms with E-state index in [4.69, 9.17) is 4.52 Å². The van der Waals surface area contributed by atoms with Gasteiger partial charge < -0.3 is 4.52 Å². The van der Waals surface area contributed by atoms with Crippen LogP contribution in [0.2, 0.25) is 0 Å². The Kier molecular flexibility index (Phi) is 4.21. The van der Waals surface area contributed by atoms with Gasteiger partial charge in [-0.15, -0.1) is 0 Å². The monoisotopic (exact) mass is 330 g/mol. The quantitative estimate of drug-likeness (QED) is 0.540. The third-order valence-electron chi connectivity index (χ3n) is 3.55. The summed E-state index contributed by atoms with van der Waals surface area (Å²) in [6.45, 7) is 5.99. The first-order chi connectivity index (χ1) is 11.0. The van der Waals surface area contributed by atoms with E-state index in [-0.39, 0.29) is 16.7 Å². The molecule has 120 valence electrons. The minimum atomic E-state index is -0.0886. The summed E-state index contributed by atoms with van der Waals surface area (Å²) in [5.74, 6) is 1.45. The van der Waals surface area contributed by atoms with Crippen LogP contribution in [0.25, 0.3) is 10.9 Å². The van der Waals surface area contributed by atoms with E-state index in [0.717, 1.165) is 0 Å². The van der Waals surface area contributed by atoms with Gasteiger partial charge >= 0.3 is 0 Å². The lowest BCUT2D eigenvalue weighted by molar-refractivity contribution is 0.373. The Morgan fingerprint density at radius 2 is 1.91 bits per heavy atom. The lowest BCUT2D eigenvalue weighted by Crippen LogP contribution is -2.20. The number of hydrogen-bond acceptors (Lipinski definition) is 6. The van der Waals surface area contributed by atoms with Gasteiger partial charge in [-0.2, -0.15) is 4.98 Å². The van der Waals surface area contributed by atoms with E-state index < -0.39 is 0 Å². The first-order valence-corrected chi connectivity index (χ1v) is 8.31. The normalized spacial score (nSPS) is 12.9. The van der Waals surface area contributed by atoms with Crippen LogP contribution in [0.4, 0.5) is 0 Å². The third kappa shape index (κ3) is 3.01. The van der Waals surface area contributed by atoms with Gasteiger partial charge in [0.25, 0.3) is 5.56 Å². The molecule has 3 rings (SSSR count). The van der Waals surface area contributed by atoms with Crippen molar-refractivity contribution in [1.29, 1.82) is 0 Å². The maximum Gasteiger partial charge on any atom is 0.261 e. The van der Waals surface area contributed by atoms with Crippen LogP contribution in [0.1, 0.15) is 43.7 Å². The molecule has 0 bridgehead atoms. The zero-order valence-corrected chi connectivity index (χ0v) is 14.3. The fourth-order valence-electron chi connectivity index (χ4n) is 2.16. The van der Waals surface area contributed by atoms with E-state index in [1.165, 1.54) is 11.8 Å². The average Bonchev–Trinajstić information content (AvgIpc) is 3.03. The van der Waals surface area contributed by atoms with Crippen molar-refractivity contribution in [2.75, 3.05) is 0 Å². The molecule has 0 aliphatic rings. The van der Waals surface area contributed by atoms with Crippen LogP contribution >= 0.6 is 11.8 Å². The molecule has 1 atom stereocenters. The second kappa shape index (κ2) is 6.16. The summed E-state index contributed by atoms with van der Waals surface area (Å²) < 4.78 is 6.88. The molecule has 1 aromatic carbocycles. The fraction of sp³-hybridized carbons (Fsp3) is 0.375. The Hall–Kier alpha value is -2.15. The van der Waals surface area contributed by atoms with Gasteiger partial charge in [0.05, 0.1) is 16.2 Å². The molecular weight excluding hydrogens is 312 g/mol. The number of benzene rings is 1. The number of para-hydroxylation sites is 1. The van der Waals surface area contributed by atoms with Gasteiger partial charge in [-0.3, -0.25) is 9.36 Å². The third-order valence-corrected chi connectivity index (χ3v) is 4.68. The molecular formula is C16H18N4O2S. The number of rotatable bonds is 4. The maximum absolute atomic E-state index is 12.4. The smallest absolute Gasteiger partial charge is 0.261 e. The van der Waals surface area contributed by atoms with Crippen LogP contribution in [0, 0.1) is 0 Å². The molecule has 23 heavy (non-hydrogen) atoms. The molecule has 6 nitrogen and oxygen atoms in total. The molecule has 2 heterocycles. The summed E-state index contributed by atoms with van der Waals surface area (Å²) in [4.78, 5) is 21.4. The van der Waals surface area contributed by atoms with Crippen LogP contribution in [-0.2, 0) is 7.05 Å². The topological polar surface area (TPSA) is 73.8 Å². The molecule has 3 aromatic rings. The summed E-state index contributed by atoms with van der Waals surface area (Å²) >= 11 is 1.43. The zero-order valence-electron chi connectivity index (χ0n) is 13.5. The summed E-state index contributed by atoms with van der Waals surface area (Å²) in [5.41, 5.74) is 0.636. The number of nitrogens with zero attached hydrogens (tertiary/aromatic N) is 4. The summed E-state index contributed by atoms with van der Waals surface area (Å²) in [6, 6.07) is 7.34. The molecule has 0 saturated carbocycles. The van der Waals surface area contributed by atoms with Crippen LogP contribution in [0.3, 0.4) is 0 Å². The van der Waals surface area contributed by atoms with Crippen molar-refractivity contribution >= 4 is 22.7 Å². The van der Waals surface area contributed by atoms with Crippen LogP contribution in [0.15, 0.2) is 38.7 Å². The molecule has 2 aromatic heterocycles. The highest BCUT2D eigenvalue weighted by Crippen LogP contribution is 2.33. The van der Waals surface area contributed by atoms with Crippen molar-refractivity contribution in [1.82, 2.24) is 19.7 Å². The Morgan fingerprint density at radius 3 is 2.61 bits per heavy atom. The lowest BCUT2D eigenvalue weighted by atomic mass is 10.2. The predicted molar refractivity (Wildman–Crippen MR) is 89.6 cm³/mol. The highest BCUT2D eigenvalue weighted by atomic mass is 32.2. The van der Waals surface area contributed by atoms with Crippen molar-refractivity contribution in [3.8, 4) is 0 Å². The van der Waals surface area contributed by atoms with Crippen molar-refractivity contribution in [3.05, 3.63) is 46.3 Å². The first kappa shape index (κ1) is 15.7. The van der Waals surface area contributed by atoms with Gasteiger partial charge in [0, 0.05) is 13.0 Å². The maximum atomic E-state index is 12.4. The SMILES string of the molecule is CC(C)c1noc(C(C)Sc2nc3ccccc3c(=O)n2C)n1. The highest BCUT2D eigenvalue weighted by molar-refractivity contribution is 7.99. The van der Waals surface area contributed by atoms with Gasteiger partial charge in [0.1, 0.15) is 0 Å². The van der Waals surface area contributed by atoms with E-state index in [1.807, 2.05) is 39.0 Å². The second-order valence-electron chi connectivity index (χ2n) is 5.68. The number of fused-ring (bicyclic) bond motifs is 1. The minimum absolute atomic E-state index is 0.0568. The van der Waals surface area contributed by atoms with Gasteiger partial charge in [-0.05, 0) is 19.1 Å². The summed E-state index contributed by atoms with van der Waals surface area (Å²) in [5, 5.41) is 5.14. The Labute approximate surface area is 137 Å².